The number of halogens is 1. The van der Waals surface area contributed by atoms with E-state index >= 15 is 0 Å². The van der Waals surface area contributed by atoms with Gasteiger partial charge in [-0.15, -0.1) is 12.4 Å². The molecule has 21 heavy (non-hydrogen) atoms. The minimum Gasteiger partial charge on any atom is -0.392 e. The zero-order valence-electron chi connectivity index (χ0n) is 14.8. The van der Waals surface area contributed by atoms with E-state index in [2.05, 4.69) is 11.8 Å². The zero-order chi connectivity index (χ0) is 15.1. The molecular weight excluding hydrogens is 282 g/mol. The summed E-state index contributed by atoms with van der Waals surface area (Å²) in [5.41, 5.74) is 0. The summed E-state index contributed by atoms with van der Waals surface area (Å²) in [7, 11) is 4.04. The van der Waals surface area contributed by atoms with E-state index in [0.29, 0.717) is 0 Å². The van der Waals surface area contributed by atoms with Crippen molar-refractivity contribution in [2.45, 2.75) is 96.5 Å². The van der Waals surface area contributed by atoms with Gasteiger partial charge in [-0.3, -0.25) is 0 Å². The van der Waals surface area contributed by atoms with E-state index in [0.717, 1.165) is 13.0 Å². The Kier molecular flexibility index (Phi) is 20.4. The Morgan fingerprint density at radius 3 is 1.48 bits per heavy atom. The van der Waals surface area contributed by atoms with Crippen LogP contribution in [0.25, 0.3) is 0 Å². The summed E-state index contributed by atoms with van der Waals surface area (Å²) >= 11 is 0. The van der Waals surface area contributed by atoms with Crippen LogP contribution in [0.2, 0.25) is 0 Å². The highest BCUT2D eigenvalue weighted by Gasteiger charge is 2.04. The van der Waals surface area contributed by atoms with E-state index in [1.165, 1.54) is 77.0 Å². The lowest BCUT2D eigenvalue weighted by molar-refractivity contribution is 0.125. The Morgan fingerprint density at radius 1 is 0.714 bits per heavy atom. The van der Waals surface area contributed by atoms with Crippen LogP contribution in [0.3, 0.4) is 0 Å². The minimum absolute atomic E-state index is 0. The van der Waals surface area contributed by atoms with Crippen molar-refractivity contribution in [2.75, 3.05) is 20.6 Å². The highest BCUT2D eigenvalue weighted by molar-refractivity contribution is 5.85. The lowest BCUT2D eigenvalue weighted by atomic mass is 10.0. The molecule has 0 aromatic heterocycles. The molecule has 0 aliphatic rings. The third-order valence-electron chi connectivity index (χ3n) is 3.97. The molecular formula is C18H40ClNO. The van der Waals surface area contributed by atoms with Crippen LogP contribution in [-0.4, -0.2) is 36.8 Å². The van der Waals surface area contributed by atoms with Crippen LogP contribution < -0.4 is 0 Å². The van der Waals surface area contributed by atoms with Crippen molar-refractivity contribution >= 4 is 12.4 Å². The average molecular weight is 322 g/mol. The average Bonchev–Trinajstić information content (AvgIpc) is 2.39. The number of aliphatic hydroxyl groups is 1. The lowest BCUT2D eigenvalue weighted by Crippen LogP contribution is -2.25. The summed E-state index contributed by atoms with van der Waals surface area (Å²) in [6.45, 7) is 3.08. The normalized spacial score (nSPS) is 12.4. The fourth-order valence-electron chi connectivity index (χ4n) is 2.73. The maximum Gasteiger partial charge on any atom is 0.0666 e. The SMILES string of the molecule is CCCCCCCCCCCCCCC(O)CN(C)C.Cl. The van der Waals surface area contributed by atoms with Crippen molar-refractivity contribution in [3.05, 3.63) is 0 Å². The standard InChI is InChI=1S/C18H39NO.ClH/c1-4-5-6-7-8-9-10-11-12-13-14-15-16-18(20)17-19(2)3;/h18,20H,4-17H2,1-3H3;1H. The van der Waals surface area contributed by atoms with E-state index < -0.39 is 0 Å². The summed E-state index contributed by atoms with van der Waals surface area (Å²) in [5.74, 6) is 0. The number of nitrogens with zero attached hydrogens (tertiary/aromatic N) is 1. The third-order valence-corrected chi connectivity index (χ3v) is 3.97. The first-order chi connectivity index (χ1) is 9.66. The number of hydrogen-bond donors (Lipinski definition) is 1. The number of aliphatic hydroxyl groups excluding tert-OH is 1. The van der Waals surface area contributed by atoms with Gasteiger partial charge in [0.05, 0.1) is 6.10 Å². The van der Waals surface area contributed by atoms with Gasteiger partial charge in [-0.25, -0.2) is 0 Å². The molecule has 0 radical (unpaired) electrons. The predicted molar refractivity (Wildman–Crippen MR) is 97.5 cm³/mol. The van der Waals surface area contributed by atoms with Crippen LogP contribution in [-0.2, 0) is 0 Å². The van der Waals surface area contributed by atoms with Gasteiger partial charge in [-0.05, 0) is 20.5 Å². The van der Waals surface area contributed by atoms with Crippen LogP contribution in [0.5, 0.6) is 0 Å². The largest absolute Gasteiger partial charge is 0.392 e. The van der Waals surface area contributed by atoms with Crippen molar-refractivity contribution in [3.8, 4) is 0 Å². The summed E-state index contributed by atoms with van der Waals surface area (Å²) in [6, 6.07) is 0. The van der Waals surface area contributed by atoms with Crippen LogP contribution >= 0.6 is 12.4 Å². The van der Waals surface area contributed by atoms with E-state index in [9.17, 15) is 5.11 Å². The van der Waals surface area contributed by atoms with Gasteiger partial charge >= 0.3 is 0 Å². The van der Waals surface area contributed by atoms with E-state index in [4.69, 9.17) is 0 Å². The number of likely N-dealkylation sites (N-methyl/N-ethyl adjacent to an activating group) is 1. The molecule has 130 valence electrons. The molecule has 0 rings (SSSR count). The van der Waals surface area contributed by atoms with E-state index in [1.54, 1.807) is 0 Å². The van der Waals surface area contributed by atoms with Gasteiger partial charge in [0.2, 0.25) is 0 Å². The highest BCUT2D eigenvalue weighted by Crippen LogP contribution is 2.13. The molecule has 0 aromatic carbocycles. The van der Waals surface area contributed by atoms with Gasteiger partial charge < -0.3 is 10.0 Å². The van der Waals surface area contributed by atoms with Crippen LogP contribution in [0, 0.1) is 0 Å². The Morgan fingerprint density at radius 2 is 1.10 bits per heavy atom. The fraction of sp³-hybridized carbons (Fsp3) is 1.00. The van der Waals surface area contributed by atoms with Gasteiger partial charge in [-0.2, -0.15) is 0 Å². The quantitative estimate of drug-likeness (QED) is 0.407. The Labute approximate surface area is 140 Å². The Balaban J connectivity index is 0. The molecule has 2 nitrogen and oxygen atoms in total. The molecule has 0 spiro atoms. The van der Waals surface area contributed by atoms with Crippen molar-refractivity contribution < 1.29 is 5.11 Å². The second kappa shape index (κ2) is 18.3. The topological polar surface area (TPSA) is 23.5 Å². The summed E-state index contributed by atoms with van der Waals surface area (Å²) < 4.78 is 0. The van der Waals surface area contributed by atoms with Crippen molar-refractivity contribution in [3.63, 3.8) is 0 Å². The van der Waals surface area contributed by atoms with Crippen LogP contribution in [0.15, 0.2) is 0 Å². The molecule has 1 unspecified atom stereocenters. The van der Waals surface area contributed by atoms with E-state index in [1.807, 2.05) is 14.1 Å². The Bertz CT molecular complexity index is 188. The molecule has 0 fully saturated rings. The third kappa shape index (κ3) is 20.2. The van der Waals surface area contributed by atoms with Crippen molar-refractivity contribution in [1.29, 1.82) is 0 Å². The molecule has 0 aromatic rings. The molecule has 0 heterocycles. The summed E-state index contributed by atoms with van der Waals surface area (Å²) in [6.07, 6.45) is 17.4. The van der Waals surface area contributed by atoms with Crippen LogP contribution in [0.1, 0.15) is 90.4 Å². The number of hydrogen-bond acceptors (Lipinski definition) is 2. The van der Waals surface area contributed by atoms with E-state index in [-0.39, 0.29) is 18.5 Å². The summed E-state index contributed by atoms with van der Waals surface area (Å²) in [4.78, 5) is 2.06. The first-order valence-corrected chi connectivity index (χ1v) is 8.99. The van der Waals surface area contributed by atoms with Crippen molar-refractivity contribution in [2.24, 2.45) is 0 Å². The van der Waals surface area contributed by atoms with Gasteiger partial charge in [0, 0.05) is 6.54 Å². The molecule has 0 aliphatic carbocycles. The summed E-state index contributed by atoms with van der Waals surface area (Å²) in [5, 5.41) is 9.74. The molecule has 0 amide bonds. The van der Waals surface area contributed by atoms with Crippen molar-refractivity contribution in [1.82, 2.24) is 4.90 Å². The monoisotopic (exact) mass is 321 g/mol. The molecule has 0 saturated heterocycles. The minimum atomic E-state index is -0.131. The van der Waals surface area contributed by atoms with Crippen LogP contribution in [0.4, 0.5) is 0 Å². The number of rotatable bonds is 15. The smallest absolute Gasteiger partial charge is 0.0666 e. The molecule has 1 N–H and O–H groups in total. The zero-order valence-corrected chi connectivity index (χ0v) is 15.6. The maximum atomic E-state index is 9.74. The molecule has 1 atom stereocenters. The molecule has 0 aliphatic heterocycles. The second-order valence-electron chi connectivity index (χ2n) is 6.59. The fourth-order valence-corrected chi connectivity index (χ4v) is 2.73. The molecule has 0 saturated carbocycles. The first kappa shape index (κ1) is 23.5. The maximum absolute atomic E-state index is 9.74. The Hall–Kier alpha value is 0.210. The molecule has 3 heteroatoms. The highest BCUT2D eigenvalue weighted by atomic mass is 35.5. The predicted octanol–water partition coefficient (Wildman–Crippen LogP) is 5.42. The number of unbranched alkanes of at least 4 members (excludes halogenated alkanes) is 11. The van der Waals surface area contributed by atoms with Gasteiger partial charge in [0.1, 0.15) is 0 Å². The second-order valence-corrected chi connectivity index (χ2v) is 6.59. The van der Waals surface area contributed by atoms with Gasteiger partial charge in [0.25, 0.3) is 0 Å². The van der Waals surface area contributed by atoms with Gasteiger partial charge in [0.15, 0.2) is 0 Å². The molecule has 0 bridgehead atoms. The van der Waals surface area contributed by atoms with Gasteiger partial charge in [-0.1, -0.05) is 84.0 Å². The lowest BCUT2D eigenvalue weighted by Gasteiger charge is -2.15. The first-order valence-electron chi connectivity index (χ1n) is 8.99.